The lowest BCUT2D eigenvalue weighted by atomic mass is 9.33. The number of benzene rings is 19. The van der Waals surface area contributed by atoms with Crippen molar-refractivity contribution in [3.05, 3.63) is 471 Å². The molecule has 676 valence electrons. The lowest BCUT2D eigenvalue weighted by Gasteiger charge is -2.47. The van der Waals surface area contributed by atoms with Crippen molar-refractivity contribution in [3.8, 4) is 106 Å². The van der Waals surface area contributed by atoms with E-state index in [0.717, 1.165) is 107 Å². The van der Waals surface area contributed by atoms with Gasteiger partial charge in [-0.2, -0.15) is 0 Å². The summed E-state index contributed by atoms with van der Waals surface area (Å²) in [6, 6.07) is 171. The van der Waals surface area contributed by atoms with Crippen LogP contribution in [0.2, 0.25) is 0 Å². The molecule has 0 aliphatic carbocycles. The number of nitrogens with zero attached hydrogens (tertiary/aromatic N) is 3. The predicted octanol–water partition coefficient (Wildman–Crippen LogP) is 31.7. The third-order valence-electron chi connectivity index (χ3n) is 29.6. The highest BCUT2D eigenvalue weighted by Crippen LogP contribution is 2.57. The Hall–Kier alpha value is -15.1. The molecule has 139 heavy (non-hydrogen) atoms. The van der Waals surface area contributed by atoms with Crippen LogP contribution in [0.4, 0.5) is 34.1 Å². The molecule has 20 aromatic rings. The molecule has 0 bridgehead atoms. The summed E-state index contributed by atoms with van der Waals surface area (Å²) in [5.41, 5.74) is 39.6. The van der Waals surface area contributed by atoms with E-state index in [1.54, 1.807) is 0 Å². The van der Waals surface area contributed by atoms with Crippen LogP contribution in [0, 0.1) is 0 Å². The van der Waals surface area contributed by atoms with Crippen molar-refractivity contribution in [2.75, 3.05) is 9.80 Å². The van der Waals surface area contributed by atoms with Crippen LogP contribution in [-0.4, -0.2) is 19.4 Å². The van der Waals surface area contributed by atoms with Gasteiger partial charge in [-0.25, -0.2) is 0 Å². The summed E-state index contributed by atoms with van der Waals surface area (Å²) in [4.78, 5) is 5.56. The fourth-order valence-corrected chi connectivity index (χ4v) is 26.6. The van der Waals surface area contributed by atoms with Gasteiger partial charge in [0.05, 0.1) is 22.4 Å². The standard InChI is InChI=1S/C134H118BN3Si/c1-130(2,3)103-70-77-121-117(80-103)118-81-104(131(4,5)6)71-78-122(118)136(121)108-72-75-119-124(88-108)138(129-115(100-63-55-95(56-64-100)91-41-27-18-28-42-91)84-106(133(10,11)12)85-116(129)101-65-57-96(58-66-101)92-43-29-19-30-44-92)126-87-107(134(13,14)15)86-125-127(126)135(119)120-79-102(97-67-73-112(74-68-97)139(109-45-31-20-32-46-109,110-47-33-21-34-48-110)111-49-35-22-36-50-111)69-76-123(120)137(125)128-113(98-59-51-93(52-60-98)89-37-23-16-24-38-89)82-105(132(7,8)9)83-114(128)99-61-53-94(54-62-99)90-39-25-17-26-40-90/h16-88H,1-15H3. The zero-order valence-corrected chi connectivity index (χ0v) is 83.6. The lowest BCUT2D eigenvalue weighted by molar-refractivity contribution is 0.590. The normalized spacial score (nSPS) is 12.8. The second kappa shape index (κ2) is 34.8. The van der Waals surface area contributed by atoms with Gasteiger partial charge in [0.15, 0.2) is 8.07 Å². The zero-order chi connectivity index (χ0) is 95.6. The van der Waals surface area contributed by atoms with Gasteiger partial charge in [0.1, 0.15) is 0 Å². The summed E-state index contributed by atoms with van der Waals surface area (Å²) < 4.78 is 2.59. The summed E-state index contributed by atoms with van der Waals surface area (Å²) in [6.07, 6.45) is 0. The number of rotatable bonds is 16. The average Bonchev–Trinajstić information content (AvgIpc) is 0.867. The quantitative estimate of drug-likeness (QED) is 0.0706. The van der Waals surface area contributed by atoms with Crippen LogP contribution in [0.15, 0.2) is 443 Å². The van der Waals surface area contributed by atoms with Gasteiger partial charge in [0.2, 0.25) is 0 Å². The Labute approximate surface area is 823 Å². The second-order valence-electron chi connectivity index (χ2n) is 43.6. The molecule has 0 fully saturated rings. The first-order valence-electron chi connectivity index (χ1n) is 49.5. The molecule has 19 aromatic carbocycles. The molecular formula is C134H118BN3Si. The summed E-state index contributed by atoms with van der Waals surface area (Å²) >= 11 is 0. The third-order valence-corrected chi connectivity index (χ3v) is 34.4. The Morgan fingerprint density at radius 1 is 0.194 bits per heavy atom. The number of hydrogen-bond donors (Lipinski definition) is 0. The van der Waals surface area contributed by atoms with Crippen molar-refractivity contribution in [2.45, 2.75) is 131 Å². The molecule has 3 nitrogen and oxygen atoms in total. The number of fused-ring (bicyclic) bond motifs is 7. The number of anilines is 6. The minimum atomic E-state index is -2.95. The first kappa shape index (κ1) is 89.1. The highest BCUT2D eigenvalue weighted by Gasteiger charge is 2.48. The fourth-order valence-electron chi connectivity index (χ4n) is 21.8. The Balaban J connectivity index is 0.893. The maximum absolute atomic E-state index is 2.95. The molecule has 0 N–H and O–H groups in total. The van der Waals surface area contributed by atoms with E-state index in [4.69, 9.17) is 0 Å². The molecule has 2 aliphatic heterocycles. The van der Waals surface area contributed by atoms with Gasteiger partial charge in [-0.3, -0.25) is 0 Å². The van der Waals surface area contributed by atoms with E-state index in [1.807, 2.05) is 0 Å². The van der Waals surface area contributed by atoms with Crippen LogP contribution < -0.4 is 46.9 Å². The summed E-state index contributed by atoms with van der Waals surface area (Å²) in [7, 11) is -2.95. The molecule has 0 spiro atoms. The van der Waals surface area contributed by atoms with Gasteiger partial charge >= 0.3 is 0 Å². The smallest absolute Gasteiger partial charge is 0.252 e. The molecule has 3 heterocycles. The second-order valence-corrected chi connectivity index (χ2v) is 47.4. The molecule has 1 aromatic heterocycles. The zero-order valence-electron chi connectivity index (χ0n) is 82.6. The molecule has 0 saturated heterocycles. The fraction of sp³-hybridized carbons (Fsp3) is 0.149. The summed E-state index contributed by atoms with van der Waals surface area (Å²) in [6.45, 7) is 35.3. The molecule has 5 heteroatoms. The van der Waals surface area contributed by atoms with E-state index in [9.17, 15) is 0 Å². The SMILES string of the molecule is CC(C)(C)c1cc(-c2ccc(-c3ccccc3)cc2)c(N2c3ccc(-c4ccc([Si](c5ccccc5)(c5ccccc5)c5ccccc5)cc4)cc3B3c4ccc(-n5c6ccc(C(C)(C)C)cc6c6cc(C(C)(C)C)ccc65)cc4N(c4c(-c5ccc(-c6ccccc6)cc5)cc(C(C)(C)C)cc4-c4ccc(-c5ccccc5)cc4)c4cc(C(C)(C)C)cc2c43)c(-c2ccc(-c3ccccc3)cc2)c1. The Bertz CT molecular complexity index is 7640. The predicted molar refractivity (Wildman–Crippen MR) is 601 cm³/mol. The Kier molecular flexibility index (Phi) is 22.3. The van der Waals surface area contributed by atoms with Crippen LogP contribution in [0.5, 0.6) is 0 Å². The van der Waals surface area contributed by atoms with E-state index in [2.05, 4.69) is 561 Å². The summed E-state index contributed by atoms with van der Waals surface area (Å²) in [5, 5.41) is 7.84. The monoisotopic (exact) mass is 1810 g/mol. The minimum Gasteiger partial charge on any atom is -0.310 e. The molecule has 2 aliphatic rings. The van der Waals surface area contributed by atoms with Gasteiger partial charge in [0.25, 0.3) is 6.71 Å². The highest BCUT2D eigenvalue weighted by atomic mass is 28.3. The van der Waals surface area contributed by atoms with E-state index in [-0.39, 0.29) is 28.4 Å². The molecule has 0 saturated carbocycles. The molecule has 0 radical (unpaired) electrons. The molecule has 0 atom stereocenters. The van der Waals surface area contributed by atoms with E-state index >= 15 is 0 Å². The van der Waals surface area contributed by atoms with Crippen LogP contribution in [0.25, 0.3) is 128 Å². The molecule has 0 unspecified atom stereocenters. The van der Waals surface area contributed by atoms with Gasteiger partial charge < -0.3 is 14.4 Å². The van der Waals surface area contributed by atoms with Crippen LogP contribution in [0.1, 0.15) is 132 Å². The van der Waals surface area contributed by atoms with Crippen molar-refractivity contribution in [1.29, 1.82) is 0 Å². The van der Waals surface area contributed by atoms with Crippen molar-refractivity contribution in [2.24, 2.45) is 0 Å². The van der Waals surface area contributed by atoms with E-state index < -0.39 is 13.5 Å². The summed E-state index contributed by atoms with van der Waals surface area (Å²) in [5.74, 6) is 0. The molecule has 22 rings (SSSR count). The van der Waals surface area contributed by atoms with Gasteiger partial charge in [0, 0.05) is 61.5 Å². The molecule has 0 amide bonds. The van der Waals surface area contributed by atoms with Gasteiger partial charge in [-0.15, -0.1) is 0 Å². The van der Waals surface area contributed by atoms with E-state index in [0.29, 0.717) is 0 Å². The van der Waals surface area contributed by atoms with Crippen LogP contribution >= 0.6 is 0 Å². The maximum Gasteiger partial charge on any atom is 0.252 e. The minimum absolute atomic E-state index is 0.104. The van der Waals surface area contributed by atoms with Crippen molar-refractivity contribution in [1.82, 2.24) is 4.57 Å². The van der Waals surface area contributed by atoms with Gasteiger partial charge in [-0.05, 0) is 249 Å². The topological polar surface area (TPSA) is 11.4 Å². The molecular weight excluding hydrogens is 1690 g/mol. The lowest BCUT2D eigenvalue weighted by Crippen LogP contribution is -2.74. The maximum atomic E-state index is 2.79. The number of aromatic nitrogens is 1. The van der Waals surface area contributed by atoms with E-state index in [1.165, 1.54) is 120 Å². The van der Waals surface area contributed by atoms with Crippen LogP contribution in [0.3, 0.4) is 0 Å². The number of hydrogen-bond acceptors (Lipinski definition) is 2. The Morgan fingerprint density at radius 3 is 0.799 bits per heavy atom. The van der Waals surface area contributed by atoms with Crippen molar-refractivity contribution < 1.29 is 0 Å². The first-order chi connectivity index (χ1) is 67.1. The highest BCUT2D eigenvalue weighted by molar-refractivity contribution is 7.20. The first-order valence-corrected chi connectivity index (χ1v) is 51.5. The van der Waals surface area contributed by atoms with Crippen LogP contribution in [-0.2, 0) is 27.1 Å². The van der Waals surface area contributed by atoms with Crippen molar-refractivity contribution >= 4 is 108 Å². The Morgan fingerprint density at radius 2 is 0.468 bits per heavy atom. The third kappa shape index (κ3) is 16.2. The van der Waals surface area contributed by atoms with Gasteiger partial charge in [-0.1, -0.05) is 468 Å². The largest absolute Gasteiger partial charge is 0.310 e. The average molecular weight is 1810 g/mol. The van der Waals surface area contributed by atoms with Crippen molar-refractivity contribution in [3.63, 3.8) is 0 Å².